The molecule has 0 aliphatic carbocycles. The summed E-state index contributed by atoms with van der Waals surface area (Å²) in [5.41, 5.74) is 3.12. The first-order valence-electron chi connectivity index (χ1n) is 9.85. The molecular formula is C23H21N3O5S. The zero-order valence-corrected chi connectivity index (χ0v) is 18.6. The number of anilines is 2. The first-order chi connectivity index (χ1) is 15.4. The van der Waals surface area contributed by atoms with Gasteiger partial charge in [0.2, 0.25) is 5.91 Å². The van der Waals surface area contributed by atoms with Crippen LogP contribution >= 0.6 is 11.3 Å². The van der Waals surface area contributed by atoms with Gasteiger partial charge in [0.1, 0.15) is 12.3 Å². The highest BCUT2D eigenvalue weighted by Crippen LogP contribution is 2.37. The van der Waals surface area contributed by atoms with E-state index in [9.17, 15) is 14.4 Å². The molecule has 0 spiro atoms. The van der Waals surface area contributed by atoms with Crippen LogP contribution in [0.2, 0.25) is 0 Å². The molecule has 0 saturated carbocycles. The number of nitrogens with one attached hydrogen (secondary N) is 1. The third-order valence-corrected chi connectivity index (χ3v) is 5.86. The molecule has 2 amide bonds. The monoisotopic (exact) mass is 451 g/mol. The van der Waals surface area contributed by atoms with Crippen LogP contribution in [0.1, 0.15) is 20.2 Å². The van der Waals surface area contributed by atoms with Gasteiger partial charge in [0, 0.05) is 16.1 Å². The van der Waals surface area contributed by atoms with Gasteiger partial charge in [-0.2, -0.15) is 0 Å². The second-order valence-electron chi connectivity index (χ2n) is 7.21. The molecule has 8 nitrogen and oxygen atoms in total. The van der Waals surface area contributed by atoms with Gasteiger partial charge in [-0.1, -0.05) is 0 Å². The summed E-state index contributed by atoms with van der Waals surface area (Å²) >= 11 is 1.60. The van der Waals surface area contributed by atoms with E-state index < -0.39 is 5.97 Å². The van der Waals surface area contributed by atoms with Gasteiger partial charge in [-0.25, -0.2) is 9.78 Å². The Morgan fingerprint density at radius 1 is 1.19 bits per heavy atom. The van der Waals surface area contributed by atoms with Gasteiger partial charge in [0.15, 0.2) is 6.61 Å². The zero-order valence-electron chi connectivity index (χ0n) is 17.8. The maximum Gasteiger partial charge on any atom is 0.337 e. The van der Waals surface area contributed by atoms with Crippen molar-refractivity contribution in [3.63, 3.8) is 0 Å². The van der Waals surface area contributed by atoms with Crippen molar-refractivity contribution >= 4 is 40.5 Å². The Hall–Kier alpha value is -3.72. The molecule has 32 heavy (non-hydrogen) atoms. The lowest BCUT2D eigenvalue weighted by atomic mass is 10.1. The van der Waals surface area contributed by atoms with E-state index in [1.807, 2.05) is 26.0 Å². The number of methoxy groups -OCH3 is 1. The van der Waals surface area contributed by atoms with Crippen molar-refractivity contribution in [3.8, 4) is 17.0 Å². The van der Waals surface area contributed by atoms with Crippen LogP contribution < -0.4 is 15.0 Å². The Labute approximate surface area is 188 Å². The summed E-state index contributed by atoms with van der Waals surface area (Å²) in [7, 11) is 1.30. The molecule has 0 bridgehead atoms. The van der Waals surface area contributed by atoms with Gasteiger partial charge in [0.25, 0.3) is 5.91 Å². The summed E-state index contributed by atoms with van der Waals surface area (Å²) in [6.07, 6.45) is 0. The van der Waals surface area contributed by atoms with Crippen molar-refractivity contribution in [2.45, 2.75) is 13.8 Å². The van der Waals surface area contributed by atoms with Crippen LogP contribution in [0.4, 0.5) is 11.4 Å². The Balaban J connectivity index is 1.54. The van der Waals surface area contributed by atoms with Gasteiger partial charge >= 0.3 is 5.97 Å². The number of benzene rings is 2. The lowest BCUT2D eigenvalue weighted by Gasteiger charge is -2.29. The molecule has 1 aliphatic rings. The lowest BCUT2D eigenvalue weighted by molar-refractivity contribution is -0.123. The van der Waals surface area contributed by atoms with Crippen LogP contribution in [0.25, 0.3) is 11.3 Å². The van der Waals surface area contributed by atoms with Crippen molar-refractivity contribution in [1.29, 1.82) is 0 Å². The van der Waals surface area contributed by atoms with Gasteiger partial charge in [-0.05, 0) is 56.3 Å². The van der Waals surface area contributed by atoms with E-state index in [-0.39, 0.29) is 25.0 Å². The van der Waals surface area contributed by atoms with E-state index in [0.29, 0.717) is 22.7 Å². The molecule has 164 valence electrons. The predicted octanol–water partition coefficient (Wildman–Crippen LogP) is 3.58. The van der Waals surface area contributed by atoms with E-state index in [1.54, 1.807) is 41.7 Å². The second-order valence-corrected chi connectivity index (χ2v) is 8.61. The highest BCUT2D eigenvalue weighted by atomic mass is 32.1. The molecule has 0 saturated heterocycles. The highest BCUT2D eigenvalue weighted by molar-refractivity contribution is 7.11. The molecule has 0 atom stereocenters. The maximum absolute atomic E-state index is 12.7. The summed E-state index contributed by atoms with van der Waals surface area (Å²) in [4.78, 5) is 43.9. The number of fused-ring (bicyclic) bond motifs is 1. The number of aryl methyl sites for hydroxylation is 2. The molecule has 1 aromatic heterocycles. The number of thiazole rings is 1. The summed E-state index contributed by atoms with van der Waals surface area (Å²) in [6.45, 7) is 3.63. The van der Waals surface area contributed by atoms with E-state index in [2.05, 4.69) is 15.0 Å². The van der Waals surface area contributed by atoms with Crippen LogP contribution in [-0.2, 0) is 14.3 Å². The quantitative estimate of drug-likeness (QED) is 0.596. The summed E-state index contributed by atoms with van der Waals surface area (Å²) in [6, 6.07) is 11.8. The minimum absolute atomic E-state index is 0.137. The largest absolute Gasteiger partial charge is 0.482 e. The first-order valence-corrected chi connectivity index (χ1v) is 10.7. The summed E-state index contributed by atoms with van der Waals surface area (Å²) in [5, 5.41) is 3.70. The normalized spacial score (nSPS) is 12.7. The Kier molecular flexibility index (Phi) is 5.91. The van der Waals surface area contributed by atoms with Gasteiger partial charge in [-0.3, -0.25) is 14.5 Å². The van der Waals surface area contributed by atoms with Gasteiger partial charge in [0.05, 0.1) is 29.1 Å². The van der Waals surface area contributed by atoms with Gasteiger partial charge in [-0.15, -0.1) is 11.3 Å². The third-order valence-electron chi connectivity index (χ3n) is 4.97. The van der Waals surface area contributed by atoms with Crippen LogP contribution in [0.15, 0.2) is 42.5 Å². The topological polar surface area (TPSA) is 97.8 Å². The molecule has 3 aromatic rings. The number of carbonyl (C=O) groups excluding carboxylic acids is 3. The third kappa shape index (κ3) is 4.33. The van der Waals surface area contributed by atoms with Crippen LogP contribution in [0.5, 0.6) is 5.75 Å². The standard InChI is InChI=1S/C23H21N3O5S/c1-13-22(24-14(2)32-13)16-6-9-19-18(10-16)26(21(28)12-31-19)11-20(27)25-17-7-4-15(5-8-17)23(29)30-3/h4-10H,11-12H2,1-3H3,(H,25,27). The minimum atomic E-state index is -0.459. The minimum Gasteiger partial charge on any atom is -0.482 e. The van der Waals surface area contributed by atoms with Crippen LogP contribution in [0.3, 0.4) is 0 Å². The molecule has 0 fully saturated rings. The van der Waals surface area contributed by atoms with Crippen molar-refractivity contribution < 1.29 is 23.9 Å². The molecule has 2 heterocycles. The Morgan fingerprint density at radius 2 is 1.94 bits per heavy atom. The smallest absolute Gasteiger partial charge is 0.337 e. The molecule has 0 radical (unpaired) electrons. The number of carbonyl (C=O) groups is 3. The predicted molar refractivity (Wildman–Crippen MR) is 121 cm³/mol. The molecular weight excluding hydrogens is 430 g/mol. The second kappa shape index (κ2) is 8.80. The SMILES string of the molecule is COC(=O)c1ccc(NC(=O)CN2C(=O)COc3ccc(-c4nc(C)sc4C)cc32)cc1. The van der Waals surface area contributed by atoms with E-state index in [1.165, 1.54) is 12.0 Å². The van der Waals surface area contributed by atoms with Crippen LogP contribution in [0, 0.1) is 13.8 Å². The Morgan fingerprint density at radius 3 is 2.59 bits per heavy atom. The maximum atomic E-state index is 12.7. The van der Waals surface area contributed by atoms with Crippen molar-refractivity contribution in [1.82, 2.24) is 4.98 Å². The molecule has 4 rings (SSSR count). The average molecular weight is 452 g/mol. The fourth-order valence-corrected chi connectivity index (χ4v) is 4.31. The number of hydrogen-bond donors (Lipinski definition) is 1. The highest BCUT2D eigenvalue weighted by Gasteiger charge is 2.28. The fraction of sp³-hybridized carbons (Fsp3) is 0.217. The number of esters is 1. The van der Waals surface area contributed by atoms with Crippen LogP contribution in [-0.4, -0.2) is 43.0 Å². The number of rotatable bonds is 5. The summed E-state index contributed by atoms with van der Waals surface area (Å²) < 4.78 is 10.2. The van der Waals surface area contributed by atoms with Gasteiger partial charge < -0.3 is 14.8 Å². The molecule has 0 unspecified atom stereocenters. The molecule has 9 heteroatoms. The Bertz CT molecular complexity index is 1200. The number of nitrogens with zero attached hydrogens (tertiary/aromatic N) is 2. The fourth-order valence-electron chi connectivity index (χ4n) is 3.47. The molecule has 1 aliphatic heterocycles. The number of hydrogen-bond acceptors (Lipinski definition) is 7. The number of amides is 2. The van der Waals surface area contributed by atoms with Crippen molar-refractivity contribution in [2.75, 3.05) is 30.5 Å². The van der Waals surface area contributed by atoms with E-state index in [4.69, 9.17) is 4.74 Å². The zero-order chi connectivity index (χ0) is 22.8. The first kappa shape index (κ1) is 21.5. The number of ether oxygens (including phenoxy) is 2. The molecule has 1 N–H and O–H groups in total. The number of aromatic nitrogens is 1. The lowest BCUT2D eigenvalue weighted by Crippen LogP contribution is -2.43. The van der Waals surface area contributed by atoms with E-state index >= 15 is 0 Å². The summed E-state index contributed by atoms with van der Waals surface area (Å²) in [5.74, 6) is -0.604. The molecule has 2 aromatic carbocycles. The van der Waals surface area contributed by atoms with Crippen molar-refractivity contribution in [2.24, 2.45) is 0 Å². The van der Waals surface area contributed by atoms with Crippen molar-refractivity contribution in [3.05, 3.63) is 57.9 Å². The van der Waals surface area contributed by atoms with E-state index in [0.717, 1.165) is 21.1 Å². The average Bonchev–Trinajstić information content (AvgIpc) is 3.13.